The lowest BCUT2D eigenvalue weighted by Crippen LogP contribution is -2.62. The van der Waals surface area contributed by atoms with Gasteiger partial charge in [0.05, 0.1) is 18.2 Å². The molecule has 0 saturated carbocycles. The van der Waals surface area contributed by atoms with Gasteiger partial charge in [-0.05, 0) is 40.4 Å². The maximum Gasteiger partial charge on any atom is 0.244 e. The zero-order valence-corrected chi connectivity index (χ0v) is 20.9. The number of aromatic nitrogens is 2. The van der Waals surface area contributed by atoms with Crippen LogP contribution in [0.2, 0.25) is 0 Å². The molecule has 2 aliphatic rings. The smallest absolute Gasteiger partial charge is 0.244 e. The van der Waals surface area contributed by atoms with Gasteiger partial charge in [0.2, 0.25) is 5.91 Å². The van der Waals surface area contributed by atoms with Gasteiger partial charge in [-0.2, -0.15) is 0 Å². The molecule has 6 rings (SSSR count). The number of carbonyl (C=O) groups is 1. The summed E-state index contributed by atoms with van der Waals surface area (Å²) in [5.74, 6) is 1.65. The van der Waals surface area contributed by atoms with Crippen LogP contribution in [0.4, 0.5) is 5.82 Å². The lowest BCUT2D eigenvalue weighted by atomic mass is 10.0. The Morgan fingerprint density at radius 1 is 1.03 bits per heavy atom. The number of nitrogens with zero attached hydrogens (tertiary/aromatic N) is 4. The number of nitrogens with one attached hydrogen (secondary N) is 2. The minimum Gasteiger partial charge on any atom is -0.358 e. The molecule has 180 valence electrons. The van der Waals surface area contributed by atoms with Gasteiger partial charge in [-0.3, -0.25) is 14.6 Å². The Bertz CT molecular complexity index is 1380. The lowest BCUT2D eigenvalue weighted by molar-refractivity contribution is -0.125. The van der Waals surface area contributed by atoms with Gasteiger partial charge in [-0.1, -0.05) is 44.2 Å². The fourth-order valence-electron chi connectivity index (χ4n) is 5.17. The minimum absolute atomic E-state index is 0.0176. The van der Waals surface area contributed by atoms with E-state index in [-0.39, 0.29) is 24.0 Å². The summed E-state index contributed by atoms with van der Waals surface area (Å²) >= 11 is 1.80. The van der Waals surface area contributed by atoms with E-state index in [1.807, 2.05) is 24.3 Å². The van der Waals surface area contributed by atoms with Gasteiger partial charge in [0, 0.05) is 36.3 Å². The molecule has 0 aliphatic carbocycles. The molecule has 2 atom stereocenters. The van der Waals surface area contributed by atoms with E-state index < -0.39 is 0 Å². The molecule has 0 spiro atoms. The highest BCUT2D eigenvalue weighted by molar-refractivity contribution is 7.17. The van der Waals surface area contributed by atoms with E-state index in [0.717, 1.165) is 48.7 Å². The maximum atomic E-state index is 13.5. The second-order valence-corrected chi connectivity index (χ2v) is 10.8. The fraction of sp³-hybridized carbons (Fsp3) is 0.370. The van der Waals surface area contributed by atoms with Crippen molar-refractivity contribution in [1.82, 2.24) is 25.1 Å². The Labute approximate surface area is 209 Å². The number of anilines is 1. The van der Waals surface area contributed by atoms with Crippen molar-refractivity contribution in [1.29, 1.82) is 0 Å². The molecule has 35 heavy (non-hydrogen) atoms. The van der Waals surface area contributed by atoms with Gasteiger partial charge in [0.15, 0.2) is 0 Å². The summed E-state index contributed by atoms with van der Waals surface area (Å²) in [6.45, 7) is 8.17. The molecule has 2 bridgehead atoms. The molecule has 2 unspecified atom stereocenters. The van der Waals surface area contributed by atoms with Gasteiger partial charge in [0.25, 0.3) is 0 Å². The summed E-state index contributed by atoms with van der Waals surface area (Å²) in [4.78, 5) is 28.0. The van der Waals surface area contributed by atoms with E-state index in [1.165, 1.54) is 15.6 Å². The average Bonchev–Trinajstić information content (AvgIpc) is 3.26. The summed E-state index contributed by atoms with van der Waals surface area (Å²) < 4.78 is 1.32. The van der Waals surface area contributed by atoms with Crippen molar-refractivity contribution in [3.63, 3.8) is 0 Å². The Balaban J connectivity index is 1.30. The molecule has 7 nitrogen and oxygen atoms in total. The van der Waals surface area contributed by atoms with E-state index in [9.17, 15) is 4.79 Å². The number of hydrogen-bond donors (Lipinski definition) is 2. The highest BCUT2D eigenvalue weighted by Crippen LogP contribution is 2.28. The zero-order valence-electron chi connectivity index (χ0n) is 20.1. The van der Waals surface area contributed by atoms with Gasteiger partial charge in [-0.25, -0.2) is 9.97 Å². The first-order chi connectivity index (χ1) is 17.0. The van der Waals surface area contributed by atoms with E-state index >= 15 is 0 Å². The summed E-state index contributed by atoms with van der Waals surface area (Å²) in [6, 6.07) is 16.2. The van der Waals surface area contributed by atoms with Crippen LogP contribution in [0.1, 0.15) is 25.2 Å². The van der Waals surface area contributed by atoms with Crippen LogP contribution >= 0.6 is 11.3 Å². The first-order valence-corrected chi connectivity index (χ1v) is 13.2. The largest absolute Gasteiger partial charge is 0.358 e. The van der Waals surface area contributed by atoms with Crippen molar-refractivity contribution < 1.29 is 4.79 Å². The second-order valence-electron chi connectivity index (χ2n) is 9.86. The summed E-state index contributed by atoms with van der Waals surface area (Å²) in [6.07, 6.45) is -0.0965. The number of piperazine rings is 1. The van der Waals surface area contributed by atoms with E-state index in [2.05, 4.69) is 63.9 Å². The third-order valence-electron chi connectivity index (χ3n) is 7.07. The number of benzene rings is 2. The number of fused-ring (bicyclic) bond motifs is 6. The molecule has 2 aromatic carbocycles. The van der Waals surface area contributed by atoms with Crippen LogP contribution in [0.15, 0.2) is 53.9 Å². The maximum absolute atomic E-state index is 13.5. The van der Waals surface area contributed by atoms with Crippen molar-refractivity contribution >= 4 is 44.1 Å². The molecule has 0 radical (unpaired) electrons. The Kier molecular flexibility index (Phi) is 5.88. The Hall–Kier alpha value is -3.07. The highest BCUT2D eigenvalue weighted by atomic mass is 32.1. The molecule has 2 aromatic heterocycles. The molecular formula is C27H30N6OS. The number of thiophene rings is 1. The number of carbonyl (C=O) groups excluding carboxylic acids is 1. The summed E-state index contributed by atoms with van der Waals surface area (Å²) in [5, 5.41) is 11.3. The number of hydrogen-bond acceptors (Lipinski definition) is 7. The van der Waals surface area contributed by atoms with Gasteiger partial charge >= 0.3 is 0 Å². The topological polar surface area (TPSA) is 73.4 Å². The van der Waals surface area contributed by atoms with Crippen LogP contribution in [0.25, 0.3) is 21.0 Å². The third-order valence-corrected chi connectivity index (χ3v) is 8.09. The van der Waals surface area contributed by atoms with Gasteiger partial charge in [-0.15, -0.1) is 11.3 Å². The molecule has 8 heteroatoms. The lowest BCUT2D eigenvalue weighted by Gasteiger charge is -2.42. The van der Waals surface area contributed by atoms with E-state index in [0.29, 0.717) is 6.54 Å². The van der Waals surface area contributed by atoms with Crippen molar-refractivity contribution in [2.24, 2.45) is 5.92 Å². The van der Waals surface area contributed by atoms with Crippen LogP contribution in [-0.2, 0) is 17.9 Å². The van der Waals surface area contributed by atoms with Crippen molar-refractivity contribution in [2.75, 3.05) is 25.0 Å². The highest BCUT2D eigenvalue weighted by Gasteiger charge is 2.33. The number of amides is 1. The molecule has 2 N–H and O–H groups in total. The minimum atomic E-state index is -0.377. The normalized spacial score (nSPS) is 21.6. The molecule has 2 aliphatic heterocycles. The Morgan fingerprint density at radius 3 is 2.69 bits per heavy atom. The van der Waals surface area contributed by atoms with Crippen molar-refractivity contribution in [3.8, 4) is 0 Å². The molecule has 4 aromatic rings. The molecule has 1 fully saturated rings. The van der Waals surface area contributed by atoms with Crippen LogP contribution in [-0.4, -0.2) is 57.5 Å². The molecular weight excluding hydrogens is 456 g/mol. The van der Waals surface area contributed by atoms with E-state index in [1.54, 1.807) is 11.3 Å². The molecule has 1 saturated heterocycles. The zero-order chi connectivity index (χ0) is 23.9. The predicted octanol–water partition coefficient (Wildman–Crippen LogP) is 4.05. The van der Waals surface area contributed by atoms with Crippen LogP contribution < -0.4 is 10.6 Å². The van der Waals surface area contributed by atoms with Crippen LogP contribution in [0.3, 0.4) is 0 Å². The van der Waals surface area contributed by atoms with Gasteiger partial charge < -0.3 is 10.6 Å². The number of rotatable bonds is 3. The van der Waals surface area contributed by atoms with Gasteiger partial charge in [0.1, 0.15) is 17.7 Å². The number of para-hydroxylation sites is 1. The quantitative estimate of drug-likeness (QED) is 0.455. The summed E-state index contributed by atoms with van der Waals surface area (Å²) in [7, 11) is 0. The van der Waals surface area contributed by atoms with Crippen LogP contribution in [0.5, 0.6) is 0 Å². The summed E-state index contributed by atoms with van der Waals surface area (Å²) in [5.41, 5.74) is 2.26. The molecule has 4 heterocycles. The monoisotopic (exact) mass is 486 g/mol. The van der Waals surface area contributed by atoms with Crippen molar-refractivity contribution in [2.45, 2.75) is 39.1 Å². The first-order valence-electron chi connectivity index (χ1n) is 12.3. The standard InChI is InChI=1S/C27H30N6OS/c1-17(2)25-27(34)30-24-15-32(13-18-16-35-22-10-6-4-7-19(18)22)11-12-33(24)14-23-28-21-9-5-3-8-20(21)26(29-23)31-25/h3-10,16-17,24-25H,11-15H2,1-2H3,(H,30,34)(H,28,29,31). The van der Waals surface area contributed by atoms with E-state index in [4.69, 9.17) is 9.97 Å². The first kappa shape index (κ1) is 22.4. The average molecular weight is 487 g/mol. The predicted molar refractivity (Wildman–Crippen MR) is 141 cm³/mol. The SMILES string of the molecule is CC(C)C1Nc2nc(nc3ccccc23)CN2CCN(Cc3csc4ccccc34)CC2NC1=O. The Morgan fingerprint density at radius 2 is 1.83 bits per heavy atom. The second kappa shape index (κ2) is 9.18. The molecule has 1 amide bonds. The van der Waals surface area contributed by atoms with Crippen LogP contribution in [0, 0.1) is 5.92 Å². The third kappa shape index (κ3) is 4.37. The van der Waals surface area contributed by atoms with Crippen molar-refractivity contribution in [3.05, 3.63) is 65.3 Å². The fourth-order valence-corrected chi connectivity index (χ4v) is 6.12.